The van der Waals surface area contributed by atoms with Crippen LogP contribution in [0.4, 0.5) is 13.2 Å². The zero-order valence-electron chi connectivity index (χ0n) is 18.0. The summed E-state index contributed by atoms with van der Waals surface area (Å²) in [7, 11) is 0. The van der Waals surface area contributed by atoms with Crippen molar-refractivity contribution in [2.75, 3.05) is 39.4 Å². The van der Waals surface area contributed by atoms with E-state index in [0.717, 1.165) is 25.0 Å². The highest BCUT2D eigenvalue weighted by Gasteiger charge is 2.33. The molecule has 0 bridgehead atoms. The summed E-state index contributed by atoms with van der Waals surface area (Å²) < 4.78 is 49.7. The summed E-state index contributed by atoms with van der Waals surface area (Å²) in [6.07, 6.45) is -3.01. The van der Waals surface area contributed by atoms with E-state index in [4.69, 9.17) is 9.47 Å². The van der Waals surface area contributed by atoms with Crippen molar-refractivity contribution in [2.45, 2.75) is 19.0 Å². The molecule has 2 saturated heterocycles. The maximum absolute atomic E-state index is 13.1. The molecule has 0 aromatic heterocycles. The van der Waals surface area contributed by atoms with Crippen molar-refractivity contribution in [1.82, 2.24) is 9.80 Å². The third kappa shape index (κ3) is 5.65. The predicted molar refractivity (Wildman–Crippen MR) is 114 cm³/mol. The van der Waals surface area contributed by atoms with Crippen LogP contribution in [0.15, 0.2) is 48.5 Å². The van der Waals surface area contributed by atoms with E-state index in [2.05, 4.69) is 0 Å². The first-order valence-electron chi connectivity index (χ1n) is 10.9. The number of likely N-dealkylation sites (tertiary alicyclic amines) is 1. The Morgan fingerprint density at radius 3 is 2.36 bits per heavy atom. The number of halogens is 3. The lowest BCUT2D eigenvalue weighted by molar-refractivity contribution is -0.141. The molecular weight excluding hydrogens is 437 g/mol. The first-order valence-corrected chi connectivity index (χ1v) is 10.9. The standard InChI is InChI=1S/C24H25F3N2O4/c25-24(26,27)19-6-2-8-21(15-19)33-20-7-1-4-17(14-20)22(30)29-9-3-5-18(16-29)23(31)28-10-12-32-13-11-28/h1-2,4,6-8,14-15,18H,3,5,9-13,16H2. The van der Waals surface area contributed by atoms with E-state index < -0.39 is 11.7 Å². The topological polar surface area (TPSA) is 59.1 Å². The first kappa shape index (κ1) is 23.1. The van der Waals surface area contributed by atoms with Gasteiger partial charge >= 0.3 is 6.18 Å². The molecule has 0 radical (unpaired) electrons. The van der Waals surface area contributed by atoms with Gasteiger partial charge in [0, 0.05) is 31.7 Å². The van der Waals surface area contributed by atoms with Gasteiger partial charge in [-0.2, -0.15) is 13.2 Å². The third-order valence-corrected chi connectivity index (χ3v) is 5.86. The highest BCUT2D eigenvalue weighted by molar-refractivity contribution is 5.95. The highest BCUT2D eigenvalue weighted by atomic mass is 19.4. The van der Waals surface area contributed by atoms with Crippen LogP contribution in [-0.4, -0.2) is 61.0 Å². The van der Waals surface area contributed by atoms with Crippen LogP contribution in [0.25, 0.3) is 0 Å². The number of ether oxygens (including phenoxy) is 2. The SMILES string of the molecule is O=C(c1cccc(Oc2cccc(C(F)(F)F)c2)c1)N1CCCC(C(=O)N2CCOCC2)C1. The Bertz CT molecular complexity index is 1010. The number of alkyl halides is 3. The van der Waals surface area contributed by atoms with Crippen LogP contribution < -0.4 is 4.74 Å². The molecule has 6 nitrogen and oxygen atoms in total. The largest absolute Gasteiger partial charge is 0.457 e. The number of benzene rings is 2. The molecular formula is C24H25F3N2O4. The van der Waals surface area contributed by atoms with E-state index in [1.807, 2.05) is 0 Å². The van der Waals surface area contributed by atoms with Gasteiger partial charge in [0.1, 0.15) is 11.5 Å². The zero-order valence-corrected chi connectivity index (χ0v) is 18.0. The first-order chi connectivity index (χ1) is 15.8. The maximum Gasteiger partial charge on any atom is 0.416 e. The smallest absolute Gasteiger partial charge is 0.416 e. The van der Waals surface area contributed by atoms with Crippen molar-refractivity contribution in [3.63, 3.8) is 0 Å². The van der Waals surface area contributed by atoms with Gasteiger partial charge in [-0.1, -0.05) is 12.1 Å². The minimum absolute atomic E-state index is 0.0311. The number of morpholine rings is 1. The van der Waals surface area contributed by atoms with Crippen LogP contribution in [0.3, 0.4) is 0 Å². The molecule has 0 spiro atoms. The fourth-order valence-corrected chi connectivity index (χ4v) is 4.15. The maximum atomic E-state index is 13.1. The lowest BCUT2D eigenvalue weighted by Gasteiger charge is -2.36. The molecule has 33 heavy (non-hydrogen) atoms. The normalized spacial score (nSPS) is 19.3. The molecule has 1 unspecified atom stereocenters. The summed E-state index contributed by atoms with van der Waals surface area (Å²) in [6.45, 7) is 3.08. The van der Waals surface area contributed by atoms with Gasteiger partial charge in [-0.05, 0) is 49.2 Å². The second-order valence-corrected chi connectivity index (χ2v) is 8.18. The van der Waals surface area contributed by atoms with E-state index >= 15 is 0 Å². The Morgan fingerprint density at radius 2 is 1.64 bits per heavy atom. The van der Waals surface area contributed by atoms with Gasteiger partial charge in [0.15, 0.2) is 0 Å². The highest BCUT2D eigenvalue weighted by Crippen LogP contribution is 2.33. The summed E-state index contributed by atoms with van der Waals surface area (Å²) in [4.78, 5) is 29.4. The lowest BCUT2D eigenvalue weighted by Crippen LogP contribution is -2.49. The van der Waals surface area contributed by atoms with Gasteiger partial charge in [-0.25, -0.2) is 0 Å². The Hall–Kier alpha value is -3.07. The summed E-state index contributed by atoms with van der Waals surface area (Å²) in [5.74, 6) is -0.131. The number of hydrogen-bond donors (Lipinski definition) is 0. The van der Waals surface area contributed by atoms with Gasteiger partial charge in [0.25, 0.3) is 5.91 Å². The second-order valence-electron chi connectivity index (χ2n) is 8.18. The molecule has 2 aromatic carbocycles. The van der Waals surface area contributed by atoms with Crippen LogP contribution in [0, 0.1) is 5.92 Å². The molecule has 2 amide bonds. The predicted octanol–water partition coefficient (Wildman–Crippen LogP) is 4.21. The van der Waals surface area contributed by atoms with Gasteiger partial charge in [-0.3, -0.25) is 9.59 Å². The van der Waals surface area contributed by atoms with E-state index in [9.17, 15) is 22.8 Å². The van der Waals surface area contributed by atoms with Crippen molar-refractivity contribution in [3.05, 3.63) is 59.7 Å². The Morgan fingerprint density at radius 1 is 0.939 bits per heavy atom. The van der Waals surface area contributed by atoms with Crippen molar-refractivity contribution >= 4 is 11.8 Å². The fourth-order valence-electron chi connectivity index (χ4n) is 4.15. The summed E-state index contributed by atoms with van der Waals surface area (Å²) >= 11 is 0. The van der Waals surface area contributed by atoms with Gasteiger partial charge in [0.2, 0.25) is 5.91 Å². The van der Waals surface area contributed by atoms with Crippen molar-refractivity contribution < 1.29 is 32.2 Å². The molecule has 9 heteroatoms. The number of hydrogen-bond acceptors (Lipinski definition) is 4. The average Bonchev–Trinajstić information content (AvgIpc) is 2.83. The van der Waals surface area contributed by atoms with Crippen LogP contribution in [0.5, 0.6) is 11.5 Å². The Labute approximate surface area is 189 Å². The molecule has 2 heterocycles. The van der Waals surface area contributed by atoms with E-state index in [1.54, 1.807) is 28.0 Å². The molecule has 2 aliphatic heterocycles. The zero-order chi connectivity index (χ0) is 23.4. The fraction of sp³-hybridized carbons (Fsp3) is 0.417. The van der Waals surface area contributed by atoms with Crippen molar-refractivity contribution in [3.8, 4) is 11.5 Å². The van der Waals surface area contributed by atoms with Crippen LogP contribution in [0.2, 0.25) is 0 Å². The van der Waals surface area contributed by atoms with Gasteiger partial charge in [-0.15, -0.1) is 0 Å². The van der Waals surface area contributed by atoms with Gasteiger partial charge in [0.05, 0.1) is 24.7 Å². The number of nitrogens with zero attached hydrogens (tertiary/aromatic N) is 2. The monoisotopic (exact) mass is 462 g/mol. The molecule has 1 atom stereocenters. The minimum atomic E-state index is -4.47. The third-order valence-electron chi connectivity index (χ3n) is 5.86. The quantitative estimate of drug-likeness (QED) is 0.683. The molecule has 0 saturated carbocycles. The van der Waals surface area contributed by atoms with E-state index in [0.29, 0.717) is 45.0 Å². The number of carbonyl (C=O) groups excluding carboxylic acids is 2. The number of carbonyl (C=O) groups is 2. The number of amides is 2. The van der Waals surface area contributed by atoms with Crippen LogP contribution >= 0.6 is 0 Å². The summed E-state index contributed by atoms with van der Waals surface area (Å²) in [6, 6.07) is 10.9. The van der Waals surface area contributed by atoms with Crippen molar-refractivity contribution in [2.24, 2.45) is 5.92 Å². The molecule has 2 aromatic rings. The van der Waals surface area contributed by atoms with Crippen LogP contribution in [-0.2, 0) is 15.7 Å². The molecule has 2 fully saturated rings. The lowest BCUT2D eigenvalue weighted by atomic mass is 9.95. The van der Waals surface area contributed by atoms with Crippen molar-refractivity contribution in [1.29, 1.82) is 0 Å². The molecule has 0 aliphatic carbocycles. The summed E-state index contributed by atoms with van der Waals surface area (Å²) in [5, 5.41) is 0. The molecule has 176 valence electrons. The second kappa shape index (κ2) is 9.82. The average molecular weight is 462 g/mol. The minimum Gasteiger partial charge on any atom is -0.457 e. The summed E-state index contributed by atoms with van der Waals surface area (Å²) in [5.41, 5.74) is -0.449. The Kier molecular flexibility index (Phi) is 6.88. The van der Waals surface area contributed by atoms with E-state index in [-0.39, 0.29) is 29.2 Å². The molecule has 2 aliphatic rings. The molecule has 0 N–H and O–H groups in total. The Balaban J connectivity index is 1.43. The van der Waals surface area contributed by atoms with E-state index in [1.165, 1.54) is 18.2 Å². The molecule has 4 rings (SSSR count). The number of piperidine rings is 1. The van der Waals surface area contributed by atoms with Gasteiger partial charge < -0.3 is 19.3 Å². The van der Waals surface area contributed by atoms with Crippen LogP contribution in [0.1, 0.15) is 28.8 Å². The number of rotatable bonds is 4.